The highest BCUT2D eigenvalue weighted by atomic mass is 32.2. The minimum absolute atomic E-state index is 0.0215. The molecule has 164 valence electrons. The van der Waals surface area contributed by atoms with Gasteiger partial charge in [-0.25, -0.2) is 0 Å². The number of amidine groups is 2. The van der Waals surface area contributed by atoms with Crippen LogP contribution in [0.15, 0.2) is 64.5 Å². The normalized spacial score (nSPS) is 16.8. The molecule has 5 rings (SSSR count). The lowest BCUT2D eigenvalue weighted by Gasteiger charge is -2.20. The van der Waals surface area contributed by atoms with Crippen LogP contribution in [0.3, 0.4) is 0 Å². The second-order valence-electron chi connectivity index (χ2n) is 8.07. The van der Waals surface area contributed by atoms with Crippen LogP contribution in [0.1, 0.15) is 33.6 Å². The predicted octanol–water partition coefficient (Wildman–Crippen LogP) is 4.77. The predicted molar refractivity (Wildman–Crippen MR) is 133 cm³/mol. The molecule has 2 aliphatic heterocycles. The molecule has 0 atom stereocenters. The van der Waals surface area contributed by atoms with Crippen molar-refractivity contribution in [3.8, 4) is 5.69 Å². The molecule has 0 bridgehead atoms. The van der Waals surface area contributed by atoms with Crippen LogP contribution in [-0.2, 0) is 4.79 Å². The third-order valence-corrected chi connectivity index (χ3v) is 6.75. The summed E-state index contributed by atoms with van der Waals surface area (Å²) in [4.78, 5) is 21.2. The fraction of sp³-hybridized carbons (Fsp3) is 0.160. The molecule has 3 aromatic rings. The first-order valence-corrected chi connectivity index (χ1v) is 11.3. The third-order valence-electron chi connectivity index (χ3n) is 5.80. The number of pyridine rings is 1. The van der Waals surface area contributed by atoms with Gasteiger partial charge >= 0.3 is 0 Å². The molecule has 4 heterocycles. The largest absolute Gasteiger partial charge is 0.317 e. The molecule has 0 spiro atoms. The molecule has 0 fully saturated rings. The van der Waals surface area contributed by atoms with Crippen LogP contribution in [0.5, 0.6) is 0 Å². The van der Waals surface area contributed by atoms with Crippen LogP contribution >= 0.6 is 11.8 Å². The Kier molecular flexibility index (Phi) is 5.09. The first-order valence-electron chi connectivity index (χ1n) is 10.5. The van der Waals surface area contributed by atoms with Gasteiger partial charge in [-0.1, -0.05) is 18.2 Å². The molecule has 0 unspecified atom stereocenters. The SMILES string of the molecule is Cc1cccc(C)c1-n1c(C)cc(C=C2C(=N)N3N=C(c4cccnc4)SC3=NC2=O)c1C. The van der Waals surface area contributed by atoms with E-state index in [2.05, 4.69) is 51.7 Å². The van der Waals surface area contributed by atoms with Gasteiger partial charge in [-0.05, 0) is 80.4 Å². The summed E-state index contributed by atoms with van der Waals surface area (Å²) in [5.41, 5.74) is 7.48. The molecule has 2 aliphatic rings. The van der Waals surface area contributed by atoms with Crippen molar-refractivity contribution >= 4 is 39.8 Å². The van der Waals surface area contributed by atoms with Gasteiger partial charge < -0.3 is 4.57 Å². The lowest BCUT2D eigenvalue weighted by atomic mass is 10.1. The number of thioether (sulfide) groups is 1. The van der Waals surface area contributed by atoms with E-state index in [1.165, 1.54) is 27.9 Å². The van der Waals surface area contributed by atoms with Crippen molar-refractivity contribution in [3.05, 3.63) is 88.0 Å². The number of aliphatic imine (C=N–C) groups is 1. The number of nitrogens with zero attached hydrogens (tertiary/aromatic N) is 5. The van der Waals surface area contributed by atoms with Crippen LogP contribution in [0, 0.1) is 33.1 Å². The van der Waals surface area contributed by atoms with Gasteiger partial charge in [-0.15, -0.1) is 0 Å². The Labute approximate surface area is 196 Å². The summed E-state index contributed by atoms with van der Waals surface area (Å²) in [5.74, 6) is -0.411. The van der Waals surface area contributed by atoms with E-state index in [-0.39, 0.29) is 11.4 Å². The lowest BCUT2D eigenvalue weighted by molar-refractivity contribution is -0.114. The van der Waals surface area contributed by atoms with Crippen molar-refractivity contribution in [3.63, 3.8) is 0 Å². The maximum absolute atomic E-state index is 12.9. The van der Waals surface area contributed by atoms with Crippen molar-refractivity contribution in [2.45, 2.75) is 27.7 Å². The van der Waals surface area contributed by atoms with Crippen LogP contribution in [0.4, 0.5) is 0 Å². The lowest BCUT2D eigenvalue weighted by Crippen LogP contribution is -2.35. The number of aryl methyl sites for hydroxylation is 3. The molecular weight excluding hydrogens is 432 g/mol. The molecule has 2 aromatic heterocycles. The van der Waals surface area contributed by atoms with E-state index in [0.717, 1.165) is 28.2 Å². The van der Waals surface area contributed by atoms with E-state index in [1.54, 1.807) is 18.5 Å². The van der Waals surface area contributed by atoms with E-state index in [4.69, 9.17) is 5.41 Å². The molecule has 0 saturated carbocycles. The molecule has 0 radical (unpaired) electrons. The number of aromatic nitrogens is 2. The van der Waals surface area contributed by atoms with Gasteiger partial charge in [0.05, 0.1) is 11.3 Å². The fourth-order valence-electron chi connectivity index (χ4n) is 4.19. The number of fused-ring (bicyclic) bond motifs is 1. The van der Waals surface area contributed by atoms with Crippen molar-refractivity contribution in [2.75, 3.05) is 0 Å². The Morgan fingerprint density at radius 2 is 1.82 bits per heavy atom. The number of carbonyl (C=O) groups excluding carboxylic acids is 1. The quantitative estimate of drug-likeness (QED) is 0.578. The first-order chi connectivity index (χ1) is 15.8. The molecule has 7 nitrogen and oxygen atoms in total. The highest BCUT2D eigenvalue weighted by Crippen LogP contribution is 2.32. The van der Waals surface area contributed by atoms with Crippen LogP contribution < -0.4 is 0 Å². The van der Waals surface area contributed by atoms with E-state index in [9.17, 15) is 4.79 Å². The standard InChI is InChI=1S/C25H22N6OS/c1-14-7-5-8-15(2)21(14)30-16(3)11-19(17(30)4)12-20-22(26)31-25(28-23(20)32)33-24(29-31)18-9-6-10-27-13-18/h5-13,26H,1-4H3. The summed E-state index contributed by atoms with van der Waals surface area (Å²) >= 11 is 1.27. The summed E-state index contributed by atoms with van der Waals surface area (Å²) < 4.78 is 2.20. The average Bonchev–Trinajstić information content (AvgIpc) is 3.33. The molecular formula is C25H22N6OS. The Morgan fingerprint density at radius 1 is 1.06 bits per heavy atom. The number of benzene rings is 1. The third kappa shape index (κ3) is 3.52. The Hall–Kier alpha value is -3.78. The van der Waals surface area contributed by atoms with Crippen LogP contribution in [0.2, 0.25) is 0 Å². The first kappa shape index (κ1) is 21.1. The molecule has 1 N–H and O–H groups in total. The van der Waals surface area contributed by atoms with Crippen molar-refractivity contribution in [1.29, 1.82) is 5.41 Å². The van der Waals surface area contributed by atoms with Gasteiger partial charge in [-0.3, -0.25) is 15.2 Å². The topological polar surface area (TPSA) is 86.7 Å². The molecule has 1 amide bonds. The van der Waals surface area contributed by atoms with Gasteiger partial charge in [0.25, 0.3) is 5.91 Å². The van der Waals surface area contributed by atoms with Crippen LogP contribution in [-0.4, -0.2) is 36.5 Å². The molecule has 8 heteroatoms. The second kappa shape index (κ2) is 7.97. The Bertz CT molecular complexity index is 1390. The van der Waals surface area contributed by atoms with Crippen molar-refractivity contribution < 1.29 is 4.79 Å². The summed E-state index contributed by atoms with van der Waals surface area (Å²) in [6, 6.07) is 12.0. The van der Waals surface area contributed by atoms with Crippen molar-refractivity contribution in [1.82, 2.24) is 14.6 Å². The van der Waals surface area contributed by atoms with Gasteiger partial charge in [0.2, 0.25) is 5.17 Å². The minimum Gasteiger partial charge on any atom is -0.317 e. The van der Waals surface area contributed by atoms with Gasteiger partial charge in [0, 0.05) is 29.3 Å². The average molecular weight is 455 g/mol. The maximum atomic E-state index is 12.9. The Morgan fingerprint density at radius 3 is 2.52 bits per heavy atom. The van der Waals surface area contributed by atoms with E-state index in [0.29, 0.717) is 10.2 Å². The zero-order valence-corrected chi connectivity index (χ0v) is 19.6. The minimum atomic E-state index is -0.432. The number of carbonyl (C=O) groups is 1. The summed E-state index contributed by atoms with van der Waals surface area (Å²) in [5, 5.41) is 15.7. The van der Waals surface area contributed by atoms with Gasteiger partial charge in [-0.2, -0.15) is 15.1 Å². The molecule has 1 aromatic carbocycles. The molecule has 33 heavy (non-hydrogen) atoms. The van der Waals surface area contributed by atoms with E-state index in [1.807, 2.05) is 32.0 Å². The zero-order valence-electron chi connectivity index (χ0n) is 18.7. The van der Waals surface area contributed by atoms with Gasteiger partial charge in [0.15, 0.2) is 5.84 Å². The number of hydrogen-bond acceptors (Lipinski definition) is 5. The van der Waals surface area contributed by atoms with E-state index >= 15 is 0 Å². The highest BCUT2D eigenvalue weighted by Gasteiger charge is 2.36. The number of para-hydroxylation sites is 1. The summed E-state index contributed by atoms with van der Waals surface area (Å²) in [6.45, 7) is 8.27. The van der Waals surface area contributed by atoms with Gasteiger partial charge in [0.1, 0.15) is 5.04 Å². The molecule has 0 aliphatic carbocycles. The smallest absolute Gasteiger partial charge is 0.283 e. The maximum Gasteiger partial charge on any atom is 0.283 e. The number of hydrazone groups is 1. The monoisotopic (exact) mass is 454 g/mol. The summed E-state index contributed by atoms with van der Waals surface area (Å²) in [6.07, 6.45) is 5.14. The Balaban J connectivity index is 1.55. The number of hydrogen-bond donors (Lipinski definition) is 1. The van der Waals surface area contributed by atoms with Crippen molar-refractivity contribution in [2.24, 2.45) is 10.1 Å². The fourth-order valence-corrected chi connectivity index (χ4v) is 5.07. The van der Waals surface area contributed by atoms with E-state index < -0.39 is 5.91 Å². The summed E-state index contributed by atoms with van der Waals surface area (Å²) in [7, 11) is 0. The number of amides is 1. The molecule has 0 saturated heterocycles. The number of nitrogens with one attached hydrogen (secondary N) is 1. The number of rotatable bonds is 3. The highest BCUT2D eigenvalue weighted by molar-refractivity contribution is 8.27. The zero-order chi connectivity index (χ0) is 23.3. The van der Waals surface area contributed by atoms with Crippen LogP contribution in [0.25, 0.3) is 11.8 Å². The second-order valence-corrected chi connectivity index (χ2v) is 9.03.